The first-order valence-electron chi connectivity index (χ1n) is 8.15. The van der Waals surface area contributed by atoms with E-state index in [1.807, 2.05) is 0 Å². The van der Waals surface area contributed by atoms with Crippen molar-refractivity contribution in [2.75, 3.05) is 19.7 Å². The lowest BCUT2D eigenvalue weighted by molar-refractivity contribution is -0.124. The molecule has 0 bridgehead atoms. The van der Waals surface area contributed by atoms with E-state index in [-0.39, 0.29) is 16.9 Å². The smallest absolute Gasteiger partial charge is 0.243 e. The predicted octanol–water partition coefficient (Wildman–Crippen LogP) is 1.79. The van der Waals surface area contributed by atoms with Gasteiger partial charge in [-0.1, -0.05) is 11.6 Å². The largest absolute Gasteiger partial charge is 0.376 e. The Morgan fingerprint density at radius 3 is 2.67 bits per heavy atom. The summed E-state index contributed by atoms with van der Waals surface area (Å²) in [6.45, 7) is 1.51. The van der Waals surface area contributed by atoms with Gasteiger partial charge in [-0.05, 0) is 49.9 Å². The van der Waals surface area contributed by atoms with Crippen LogP contribution >= 0.6 is 11.6 Å². The number of halogens is 1. The molecule has 2 saturated heterocycles. The van der Waals surface area contributed by atoms with Gasteiger partial charge in [0.1, 0.15) is 6.04 Å². The Bertz CT molecular complexity index is 687. The number of hydrogen-bond acceptors (Lipinski definition) is 4. The first-order valence-corrected chi connectivity index (χ1v) is 9.97. The topological polar surface area (TPSA) is 75.7 Å². The third-order valence-corrected chi connectivity index (χ3v) is 6.63. The van der Waals surface area contributed by atoms with Crippen LogP contribution in [0.4, 0.5) is 0 Å². The van der Waals surface area contributed by atoms with Crippen LogP contribution in [0.15, 0.2) is 29.2 Å². The lowest BCUT2D eigenvalue weighted by atomic mass is 10.2. The molecule has 0 radical (unpaired) electrons. The molecular formula is C16H21ClN2O4S. The monoisotopic (exact) mass is 372 g/mol. The standard InChI is InChI=1S/C16H21ClN2O4S/c17-12-5-7-14(8-6-12)24(21,22)19-9-1-4-15(19)16(20)18-11-13-3-2-10-23-13/h5-8,13,15H,1-4,9-11H2,(H,18,20)/t13-,15-/m0/s1. The summed E-state index contributed by atoms with van der Waals surface area (Å²) >= 11 is 5.82. The maximum atomic E-state index is 12.8. The first-order chi connectivity index (χ1) is 11.5. The summed E-state index contributed by atoms with van der Waals surface area (Å²) in [5, 5.41) is 3.31. The van der Waals surface area contributed by atoms with Gasteiger partial charge in [0.2, 0.25) is 15.9 Å². The highest BCUT2D eigenvalue weighted by Gasteiger charge is 2.39. The summed E-state index contributed by atoms with van der Waals surface area (Å²) in [4.78, 5) is 12.6. The van der Waals surface area contributed by atoms with Crippen molar-refractivity contribution in [2.24, 2.45) is 0 Å². The van der Waals surface area contributed by atoms with Crippen LogP contribution in [0.25, 0.3) is 0 Å². The fourth-order valence-electron chi connectivity index (χ4n) is 3.17. The number of carbonyl (C=O) groups is 1. The minimum Gasteiger partial charge on any atom is -0.376 e. The van der Waals surface area contributed by atoms with Crippen LogP contribution in [0, 0.1) is 0 Å². The molecule has 0 saturated carbocycles. The number of rotatable bonds is 5. The summed E-state index contributed by atoms with van der Waals surface area (Å²) in [5.74, 6) is -0.250. The molecule has 2 fully saturated rings. The Labute approximate surface area is 147 Å². The molecule has 0 spiro atoms. The van der Waals surface area contributed by atoms with E-state index >= 15 is 0 Å². The molecule has 0 aromatic heterocycles. The number of carbonyl (C=O) groups excluding carboxylic acids is 1. The van der Waals surface area contributed by atoms with E-state index in [1.165, 1.54) is 28.6 Å². The van der Waals surface area contributed by atoms with Crippen LogP contribution in [0.3, 0.4) is 0 Å². The van der Waals surface area contributed by atoms with Gasteiger partial charge in [0.05, 0.1) is 11.0 Å². The molecule has 1 aromatic rings. The molecule has 2 aliphatic heterocycles. The fraction of sp³-hybridized carbons (Fsp3) is 0.562. The highest BCUT2D eigenvalue weighted by Crippen LogP contribution is 2.27. The van der Waals surface area contributed by atoms with Crippen molar-refractivity contribution in [3.63, 3.8) is 0 Å². The Hall–Kier alpha value is -1.15. The molecular weight excluding hydrogens is 352 g/mol. The fourth-order valence-corrected chi connectivity index (χ4v) is 4.95. The Morgan fingerprint density at radius 1 is 1.25 bits per heavy atom. The second-order valence-electron chi connectivity index (χ2n) is 6.11. The highest BCUT2D eigenvalue weighted by molar-refractivity contribution is 7.89. The number of nitrogens with one attached hydrogen (secondary N) is 1. The zero-order valence-corrected chi connectivity index (χ0v) is 14.9. The van der Waals surface area contributed by atoms with Crippen LogP contribution in [-0.4, -0.2) is 50.5 Å². The molecule has 1 aromatic carbocycles. The van der Waals surface area contributed by atoms with Gasteiger partial charge in [-0.3, -0.25) is 4.79 Å². The molecule has 8 heteroatoms. The van der Waals surface area contributed by atoms with Gasteiger partial charge in [-0.2, -0.15) is 4.31 Å². The quantitative estimate of drug-likeness (QED) is 0.855. The molecule has 1 N–H and O–H groups in total. The predicted molar refractivity (Wildman–Crippen MR) is 90.3 cm³/mol. The SMILES string of the molecule is O=C(NC[C@@H]1CCCO1)[C@@H]1CCCN1S(=O)(=O)c1ccc(Cl)cc1. The van der Waals surface area contributed by atoms with Crippen molar-refractivity contribution in [1.29, 1.82) is 0 Å². The van der Waals surface area contributed by atoms with E-state index in [0.717, 1.165) is 19.4 Å². The summed E-state index contributed by atoms with van der Waals surface area (Å²) in [6, 6.07) is 5.36. The molecule has 6 nitrogen and oxygen atoms in total. The Balaban J connectivity index is 1.69. The zero-order chi connectivity index (χ0) is 17.2. The van der Waals surface area contributed by atoms with E-state index in [1.54, 1.807) is 0 Å². The maximum absolute atomic E-state index is 12.8. The third-order valence-electron chi connectivity index (χ3n) is 4.45. The normalized spacial score (nSPS) is 25.0. The number of hydrogen-bond donors (Lipinski definition) is 1. The number of nitrogens with zero attached hydrogens (tertiary/aromatic N) is 1. The van der Waals surface area contributed by atoms with Gasteiger partial charge in [0.25, 0.3) is 0 Å². The van der Waals surface area contributed by atoms with Crippen LogP contribution < -0.4 is 5.32 Å². The van der Waals surface area contributed by atoms with E-state index in [9.17, 15) is 13.2 Å². The van der Waals surface area contributed by atoms with Gasteiger partial charge >= 0.3 is 0 Å². The van der Waals surface area contributed by atoms with E-state index in [0.29, 0.717) is 31.0 Å². The van der Waals surface area contributed by atoms with Gasteiger partial charge in [-0.25, -0.2) is 8.42 Å². The van der Waals surface area contributed by atoms with E-state index in [4.69, 9.17) is 16.3 Å². The van der Waals surface area contributed by atoms with Crippen molar-refractivity contribution in [1.82, 2.24) is 9.62 Å². The van der Waals surface area contributed by atoms with Gasteiger partial charge in [-0.15, -0.1) is 0 Å². The van der Waals surface area contributed by atoms with E-state index < -0.39 is 16.1 Å². The number of ether oxygens (including phenoxy) is 1. The molecule has 3 rings (SSSR count). The lowest BCUT2D eigenvalue weighted by Gasteiger charge is -2.24. The van der Waals surface area contributed by atoms with Crippen molar-refractivity contribution < 1.29 is 17.9 Å². The zero-order valence-electron chi connectivity index (χ0n) is 13.3. The minimum atomic E-state index is -3.70. The molecule has 132 valence electrons. The average Bonchev–Trinajstić information content (AvgIpc) is 3.24. The molecule has 0 unspecified atom stereocenters. The average molecular weight is 373 g/mol. The van der Waals surface area contributed by atoms with Gasteiger partial charge in [0.15, 0.2) is 0 Å². The van der Waals surface area contributed by atoms with Crippen LogP contribution in [0.5, 0.6) is 0 Å². The second kappa shape index (κ2) is 7.39. The maximum Gasteiger partial charge on any atom is 0.243 e. The highest BCUT2D eigenvalue weighted by atomic mass is 35.5. The number of benzene rings is 1. The first kappa shape index (κ1) is 17.7. The van der Waals surface area contributed by atoms with Crippen molar-refractivity contribution in [3.8, 4) is 0 Å². The Kier molecular flexibility index (Phi) is 5.44. The minimum absolute atomic E-state index is 0.0386. The van der Waals surface area contributed by atoms with Gasteiger partial charge in [0, 0.05) is 24.7 Å². The number of amides is 1. The molecule has 24 heavy (non-hydrogen) atoms. The third kappa shape index (κ3) is 3.74. The van der Waals surface area contributed by atoms with Crippen molar-refractivity contribution >= 4 is 27.5 Å². The summed E-state index contributed by atoms with van der Waals surface area (Å²) in [7, 11) is -3.70. The molecule has 2 aliphatic rings. The second-order valence-corrected chi connectivity index (χ2v) is 8.43. The summed E-state index contributed by atoms with van der Waals surface area (Å²) < 4.78 is 32.4. The molecule has 1 amide bonds. The van der Waals surface area contributed by atoms with Gasteiger partial charge < -0.3 is 10.1 Å². The molecule has 2 heterocycles. The van der Waals surface area contributed by atoms with Crippen LogP contribution in [0.2, 0.25) is 5.02 Å². The van der Waals surface area contributed by atoms with Crippen molar-refractivity contribution in [2.45, 2.75) is 42.7 Å². The van der Waals surface area contributed by atoms with Crippen LogP contribution in [-0.2, 0) is 19.6 Å². The molecule has 2 atom stereocenters. The number of sulfonamides is 1. The van der Waals surface area contributed by atoms with Crippen LogP contribution in [0.1, 0.15) is 25.7 Å². The van der Waals surface area contributed by atoms with Crippen molar-refractivity contribution in [3.05, 3.63) is 29.3 Å². The molecule has 0 aliphatic carbocycles. The summed E-state index contributed by atoms with van der Waals surface area (Å²) in [5.41, 5.74) is 0. The lowest BCUT2D eigenvalue weighted by Crippen LogP contribution is -2.47. The van der Waals surface area contributed by atoms with E-state index in [2.05, 4.69) is 5.32 Å². The Morgan fingerprint density at radius 2 is 2.00 bits per heavy atom. The summed E-state index contributed by atoms with van der Waals surface area (Å²) in [6.07, 6.45) is 3.17.